The largest absolute Gasteiger partial charge is 0.491 e. The van der Waals surface area contributed by atoms with E-state index in [0.717, 1.165) is 19.3 Å². The van der Waals surface area contributed by atoms with Gasteiger partial charge in [0.15, 0.2) is 11.4 Å². The van der Waals surface area contributed by atoms with Crippen LogP contribution in [-0.2, 0) is 4.74 Å². The predicted octanol–water partition coefficient (Wildman–Crippen LogP) is 0.892. The number of methoxy groups -OCH3 is 1. The van der Waals surface area contributed by atoms with Gasteiger partial charge in [-0.3, -0.25) is 9.59 Å². The van der Waals surface area contributed by atoms with E-state index in [0.29, 0.717) is 6.61 Å². The lowest BCUT2D eigenvalue weighted by Gasteiger charge is -2.54. The number of rotatable bonds is 2. The van der Waals surface area contributed by atoms with Gasteiger partial charge in [-0.1, -0.05) is 0 Å². The van der Waals surface area contributed by atoms with Crippen LogP contribution in [0.25, 0.3) is 0 Å². The molecule has 1 aromatic rings. The van der Waals surface area contributed by atoms with Crippen LogP contribution >= 0.6 is 0 Å². The third-order valence-corrected chi connectivity index (χ3v) is 5.53. The quantitative estimate of drug-likeness (QED) is 0.852. The Balaban J connectivity index is 1.99. The zero-order valence-electron chi connectivity index (χ0n) is 14.1. The van der Waals surface area contributed by atoms with Gasteiger partial charge >= 0.3 is 5.97 Å². The number of nitrogens with zero attached hydrogens (tertiary/aromatic N) is 2. The van der Waals surface area contributed by atoms with Crippen LogP contribution in [0.3, 0.4) is 0 Å². The van der Waals surface area contributed by atoms with E-state index in [4.69, 9.17) is 9.47 Å². The Morgan fingerprint density at radius 1 is 1.36 bits per heavy atom. The van der Waals surface area contributed by atoms with Crippen LogP contribution in [0.2, 0.25) is 0 Å². The summed E-state index contributed by atoms with van der Waals surface area (Å²) in [6.45, 7) is 2.38. The lowest BCUT2D eigenvalue weighted by atomic mass is 9.82. The van der Waals surface area contributed by atoms with Gasteiger partial charge in [0, 0.05) is 6.20 Å². The van der Waals surface area contributed by atoms with Crippen LogP contribution in [0.15, 0.2) is 11.0 Å². The average Bonchev–Trinajstić information content (AvgIpc) is 2.59. The molecule has 134 valence electrons. The summed E-state index contributed by atoms with van der Waals surface area (Å²) in [7, 11) is 1.29. The molecule has 1 unspecified atom stereocenters. The van der Waals surface area contributed by atoms with Gasteiger partial charge in [0.2, 0.25) is 5.43 Å². The van der Waals surface area contributed by atoms with Gasteiger partial charge in [-0.2, -0.15) is 0 Å². The molecule has 4 rings (SSSR count). The second-order valence-corrected chi connectivity index (χ2v) is 6.89. The Labute approximate surface area is 143 Å². The lowest BCUT2D eigenvalue weighted by Crippen LogP contribution is -2.65. The summed E-state index contributed by atoms with van der Waals surface area (Å²) >= 11 is 0. The highest BCUT2D eigenvalue weighted by molar-refractivity contribution is 5.98. The number of aromatic carboxylic acids is 1. The number of carbonyl (C=O) groups is 2. The molecule has 8 nitrogen and oxygen atoms in total. The first-order valence-corrected chi connectivity index (χ1v) is 8.46. The minimum absolute atomic E-state index is 0.0641. The van der Waals surface area contributed by atoms with Gasteiger partial charge < -0.3 is 24.0 Å². The number of aromatic nitrogens is 1. The molecule has 1 saturated heterocycles. The summed E-state index contributed by atoms with van der Waals surface area (Å²) in [6, 6.07) is -0.379. The van der Waals surface area contributed by atoms with Gasteiger partial charge in [-0.05, 0) is 26.2 Å². The number of pyridine rings is 1. The fraction of sp³-hybridized carbons (Fsp3) is 0.588. The van der Waals surface area contributed by atoms with E-state index < -0.39 is 11.4 Å². The summed E-state index contributed by atoms with van der Waals surface area (Å²) < 4.78 is 12.8. The van der Waals surface area contributed by atoms with Crippen molar-refractivity contribution in [3.8, 4) is 5.75 Å². The van der Waals surface area contributed by atoms with Gasteiger partial charge in [0.05, 0.1) is 37.9 Å². The minimum Gasteiger partial charge on any atom is -0.491 e. The first-order valence-electron chi connectivity index (χ1n) is 8.46. The average molecular weight is 348 g/mol. The smallest absolute Gasteiger partial charge is 0.341 e. The molecule has 1 aliphatic carbocycles. The first kappa shape index (κ1) is 16.1. The van der Waals surface area contributed by atoms with Crippen molar-refractivity contribution in [2.75, 3.05) is 13.7 Å². The van der Waals surface area contributed by atoms with E-state index in [2.05, 4.69) is 0 Å². The molecule has 1 amide bonds. The molecule has 3 heterocycles. The van der Waals surface area contributed by atoms with E-state index >= 15 is 0 Å². The Bertz CT molecular complexity index is 816. The van der Waals surface area contributed by atoms with E-state index in [1.54, 1.807) is 9.47 Å². The molecular weight excluding hydrogens is 328 g/mol. The summed E-state index contributed by atoms with van der Waals surface area (Å²) in [5.74, 6) is -1.81. The number of ether oxygens (including phenoxy) is 2. The Morgan fingerprint density at radius 2 is 2.12 bits per heavy atom. The minimum atomic E-state index is -1.32. The maximum absolute atomic E-state index is 13.2. The van der Waals surface area contributed by atoms with Crippen molar-refractivity contribution >= 4 is 11.9 Å². The van der Waals surface area contributed by atoms with Crippen molar-refractivity contribution in [1.82, 2.24) is 9.47 Å². The number of carbonyl (C=O) groups excluding carboxylic acids is 1. The SMILES string of the molecule is COc1c2n(cc(C(=O)O)c1=O)[C@H]1CCC[C@H]3OC[C@@H](C)N(C2=O)C31. The standard InChI is InChI=1S/C17H20N2O6/c1-8-7-25-11-5-3-4-10-12(11)19(8)16(21)13-15(24-2)14(20)9(17(22)23)6-18(10)13/h6,8,10-12H,3-5,7H2,1-2H3,(H,22,23)/t8-,10+,11-,12?/m1/s1. The molecule has 2 aliphatic heterocycles. The number of carboxylic acid groups (broad SMARTS) is 1. The van der Waals surface area contributed by atoms with Crippen LogP contribution in [0.5, 0.6) is 5.75 Å². The number of fused-ring (bicyclic) bond motifs is 2. The third kappa shape index (κ3) is 2.13. The molecule has 1 N–H and O–H groups in total. The number of hydrogen-bond donors (Lipinski definition) is 1. The molecule has 4 atom stereocenters. The van der Waals surface area contributed by atoms with E-state index in [-0.39, 0.29) is 47.1 Å². The third-order valence-electron chi connectivity index (χ3n) is 5.53. The van der Waals surface area contributed by atoms with Crippen molar-refractivity contribution in [3.63, 3.8) is 0 Å². The molecule has 25 heavy (non-hydrogen) atoms. The van der Waals surface area contributed by atoms with Gasteiger partial charge in [0.1, 0.15) is 5.56 Å². The normalized spacial score (nSPS) is 30.5. The second kappa shape index (κ2) is 5.59. The molecule has 8 heteroatoms. The van der Waals surface area contributed by atoms with Gasteiger partial charge in [0.25, 0.3) is 5.91 Å². The Hall–Kier alpha value is -2.35. The zero-order valence-corrected chi connectivity index (χ0v) is 14.1. The molecule has 0 spiro atoms. The fourth-order valence-electron chi connectivity index (χ4n) is 4.48. The Kier molecular flexibility index (Phi) is 3.61. The van der Waals surface area contributed by atoms with Crippen molar-refractivity contribution < 1.29 is 24.2 Å². The van der Waals surface area contributed by atoms with Crippen molar-refractivity contribution in [3.05, 3.63) is 27.7 Å². The molecular formula is C17H20N2O6. The summed E-state index contributed by atoms with van der Waals surface area (Å²) in [5, 5.41) is 9.36. The number of amides is 1. The molecule has 1 aromatic heterocycles. The highest BCUT2D eigenvalue weighted by Gasteiger charge is 2.51. The van der Waals surface area contributed by atoms with Crippen LogP contribution < -0.4 is 10.2 Å². The monoisotopic (exact) mass is 348 g/mol. The fourth-order valence-corrected chi connectivity index (χ4v) is 4.48. The van der Waals surface area contributed by atoms with Crippen molar-refractivity contribution in [2.45, 2.75) is 50.4 Å². The van der Waals surface area contributed by atoms with Crippen molar-refractivity contribution in [2.24, 2.45) is 0 Å². The van der Waals surface area contributed by atoms with Crippen LogP contribution in [0.1, 0.15) is 53.1 Å². The number of carboxylic acids is 1. The van der Waals surface area contributed by atoms with Crippen LogP contribution in [-0.4, -0.2) is 58.4 Å². The topological polar surface area (TPSA) is 98.1 Å². The second-order valence-electron chi connectivity index (χ2n) is 6.89. The predicted molar refractivity (Wildman–Crippen MR) is 86.3 cm³/mol. The highest BCUT2D eigenvalue weighted by Crippen LogP contribution is 2.43. The van der Waals surface area contributed by atoms with E-state index in [1.807, 2.05) is 6.92 Å². The van der Waals surface area contributed by atoms with Gasteiger partial charge in [-0.25, -0.2) is 4.79 Å². The van der Waals surface area contributed by atoms with E-state index in [9.17, 15) is 19.5 Å². The molecule has 3 aliphatic rings. The van der Waals surface area contributed by atoms with Gasteiger partial charge in [-0.15, -0.1) is 0 Å². The highest BCUT2D eigenvalue weighted by atomic mass is 16.5. The summed E-state index contributed by atoms with van der Waals surface area (Å²) in [6.07, 6.45) is 3.81. The summed E-state index contributed by atoms with van der Waals surface area (Å²) in [5.41, 5.74) is -0.997. The molecule has 0 aromatic carbocycles. The number of morpholine rings is 1. The first-order chi connectivity index (χ1) is 12.0. The number of hydrogen-bond acceptors (Lipinski definition) is 5. The van der Waals surface area contributed by atoms with Crippen LogP contribution in [0, 0.1) is 0 Å². The zero-order chi connectivity index (χ0) is 17.9. The molecule has 0 bridgehead atoms. The summed E-state index contributed by atoms with van der Waals surface area (Å²) in [4.78, 5) is 38.9. The molecule has 1 saturated carbocycles. The van der Waals surface area contributed by atoms with E-state index in [1.165, 1.54) is 13.3 Å². The molecule has 0 radical (unpaired) electrons. The van der Waals surface area contributed by atoms with Crippen LogP contribution in [0.4, 0.5) is 0 Å². The Morgan fingerprint density at radius 3 is 2.80 bits per heavy atom. The molecule has 2 fully saturated rings. The van der Waals surface area contributed by atoms with Crippen molar-refractivity contribution in [1.29, 1.82) is 0 Å². The maximum Gasteiger partial charge on any atom is 0.341 e. The lowest BCUT2D eigenvalue weighted by molar-refractivity contribution is -0.120. The maximum atomic E-state index is 13.2.